The summed E-state index contributed by atoms with van der Waals surface area (Å²) in [5, 5.41) is 8.54. The molecule has 0 spiro atoms. The Morgan fingerprint density at radius 1 is 1.27 bits per heavy atom. The number of nitrogens with two attached hydrogens (primary N) is 2. The summed E-state index contributed by atoms with van der Waals surface area (Å²) in [6.45, 7) is 6.20. The van der Waals surface area contributed by atoms with Gasteiger partial charge < -0.3 is 16.4 Å². The van der Waals surface area contributed by atoms with Crippen molar-refractivity contribution in [3.05, 3.63) is 18.5 Å². The summed E-state index contributed by atoms with van der Waals surface area (Å²) in [4.78, 5) is 14.5. The number of nitrogen functional groups attached to an aromatic ring is 2. The smallest absolute Gasteiger partial charge is 0.229 e. The van der Waals surface area contributed by atoms with Gasteiger partial charge in [0, 0.05) is 20.6 Å². The van der Waals surface area contributed by atoms with Crippen molar-refractivity contribution >= 4 is 29.6 Å². The number of hydrogen-bond acceptors (Lipinski definition) is 9. The number of allylic oxidation sites excluding steroid dienone is 1. The number of aromatic nitrogens is 6. The van der Waals surface area contributed by atoms with Crippen LogP contribution in [-0.4, -0.2) is 43.8 Å². The number of hydrogen-bond donors (Lipinski definition) is 2. The van der Waals surface area contributed by atoms with Crippen molar-refractivity contribution in [2.45, 2.75) is 23.9 Å². The molecule has 0 fully saturated rings. The molecule has 4 N–H and O–H groups in total. The van der Waals surface area contributed by atoms with E-state index in [1.165, 1.54) is 11.8 Å². The third kappa shape index (κ3) is 3.45. The molecular formula is C12H19N9S. The molecular weight excluding hydrogens is 302 g/mol. The minimum absolute atomic E-state index is 0.0869. The van der Waals surface area contributed by atoms with Crippen LogP contribution in [0.15, 0.2) is 17.8 Å². The summed E-state index contributed by atoms with van der Waals surface area (Å²) < 4.78 is 1.77. The van der Waals surface area contributed by atoms with Gasteiger partial charge in [0.15, 0.2) is 5.16 Å². The number of rotatable bonds is 6. The molecule has 2 heterocycles. The number of thioether (sulfide) groups is 1. The van der Waals surface area contributed by atoms with Crippen LogP contribution in [0.2, 0.25) is 0 Å². The lowest BCUT2D eigenvalue weighted by Gasteiger charge is -2.14. The molecule has 0 aromatic carbocycles. The largest absolute Gasteiger partial charge is 0.368 e. The quantitative estimate of drug-likeness (QED) is 0.585. The van der Waals surface area contributed by atoms with Crippen LogP contribution in [0.4, 0.5) is 17.8 Å². The molecule has 2 aromatic heterocycles. The maximum Gasteiger partial charge on any atom is 0.229 e. The Hall–Kier alpha value is -2.36. The summed E-state index contributed by atoms with van der Waals surface area (Å²) in [7, 11) is 3.69. The van der Waals surface area contributed by atoms with Gasteiger partial charge in [0.05, 0.1) is 5.25 Å². The molecule has 1 unspecified atom stereocenters. The van der Waals surface area contributed by atoms with Crippen molar-refractivity contribution < 1.29 is 0 Å². The van der Waals surface area contributed by atoms with Gasteiger partial charge in [-0.1, -0.05) is 17.8 Å². The molecule has 118 valence electrons. The van der Waals surface area contributed by atoms with Gasteiger partial charge in [-0.05, 0) is 6.92 Å². The summed E-state index contributed by atoms with van der Waals surface area (Å²) in [5.41, 5.74) is 11.5. The van der Waals surface area contributed by atoms with Gasteiger partial charge in [0.1, 0.15) is 5.82 Å². The molecule has 0 radical (unpaired) electrons. The summed E-state index contributed by atoms with van der Waals surface area (Å²) in [6.07, 6.45) is 1.74. The Balaban J connectivity index is 2.26. The zero-order chi connectivity index (χ0) is 16.3. The molecule has 2 rings (SSSR count). The predicted molar refractivity (Wildman–Crippen MR) is 87.5 cm³/mol. The molecule has 0 aliphatic carbocycles. The summed E-state index contributed by atoms with van der Waals surface area (Å²) in [5.74, 6) is 1.63. The van der Waals surface area contributed by atoms with Crippen LogP contribution in [0.25, 0.3) is 0 Å². The highest BCUT2D eigenvalue weighted by Gasteiger charge is 2.18. The first-order valence-electron chi connectivity index (χ1n) is 6.57. The molecule has 10 heteroatoms. The van der Waals surface area contributed by atoms with E-state index < -0.39 is 0 Å². The van der Waals surface area contributed by atoms with E-state index >= 15 is 0 Å². The topological polar surface area (TPSA) is 125 Å². The van der Waals surface area contributed by atoms with Crippen LogP contribution < -0.4 is 16.4 Å². The minimum Gasteiger partial charge on any atom is -0.368 e. The second-order valence-electron chi connectivity index (χ2n) is 4.75. The van der Waals surface area contributed by atoms with Gasteiger partial charge in [0.25, 0.3) is 0 Å². The van der Waals surface area contributed by atoms with E-state index in [1.54, 1.807) is 15.5 Å². The zero-order valence-electron chi connectivity index (χ0n) is 12.8. The first kappa shape index (κ1) is 16.0. The highest BCUT2D eigenvalue weighted by atomic mass is 32.2. The Labute approximate surface area is 132 Å². The van der Waals surface area contributed by atoms with Crippen LogP contribution >= 0.6 is 11.8 Å². The zero-order valence-corrected chi connectivity index (χ0v) is 13.6. The third-order valence-electron chi connectivity index (χ3n) is 2.76. The van der Waals surface area contributed by atoms with E-state index in [0.29, 0.717) is 29.4 Å². The monoisotopic (exact) mass is 321 g/mol. The Morgan fingerprint density at radius 2 is 2.00 bits per heavy atom. The molecule has 0 aliphatic rings. The number of nitrogens with zero attached hydrogens (tertiary/aromatic N) is 7. The van der Waals surface area contributed by atoms with Gasteiger partial charge in [-0.25, -0.2) is 0 Å². The van der Waals surface area contributed by atoms with Gasteiger partial charge in [0.2, 0.25) is 17.8 Å². The summed E-state index contributed by atoms with van der Waals surface area (Å²) >= 11 is 1.45. The first-order valence-corrected chi connectivity index (χ1v) is 7.45. The normalized spacial score (nSPS) is 12.1. The minimum atomic E-state index is -0.0869. The molecule has 0 saturated heterocycles. The van der Waals surface area contributed by atoms with Gasteiger partial charge >= 0.3 is 0 Å². The Morgan fingerprint density at radius 3 is 2.64 bits per heavy atom. The second kappa shape index (κ2) is 6.60. The van der Waals surface area contributed by atoms with Crippen molar-refractivity contribution in [2.24, 2.45) is 0 Å². The molecule has 0 aliphatic heterocycles. The van der Waals surface area contributed by atoms with Gasteiger partial charge in [-0.2, -0.15) is 15.0 Å². The fourth-order valence-electron chi connectivity index (χ4n) is 1.68. The maximum atomic E-state index is 5.79. The fraction of sp³-hybridized carbons (Fsp3) is 0.417. The number of anilines is 3. The lowest BCUT2D eigenvalue weighted by molar-refractivity contribution is 0.729. The maximum absolute atomic E-state index is 5.79. The van der Waals surface area contributed by atoms with Crippen LogP contribution in [0.1, 0.15) is 18.0 Å². The van der Waals surface area contributed by atoms with E-state index in [2.05, 4.69) is 31.7 Å². The molecule has 2 aromatic rings. The Kier molecular flexibility index (Phi) is 4.81. The summed E-state index contributed by atoms with van der Waals surface area (Å²) in [6, 6.07) is 0. The lowest BCUT2D eigenvalue weighted by Crippen LogP contribution is -2.16. The van der Waals surface area contributed by atoms with Crippen molar-refractivity contribution in [1.29, 1.82) is 0 Å². The van der Waals surface area contributed by atoms with Crippen molar-refractivity contribution in [2.75, 3.05) is 30.5 Å². The molecule has 0 amide bonds. The first-order chi connectivity index (χ1) is 10.4. The van der Waals surface area contributed by atoms with E-state index in [1.807, 2.05) is 21.0 Å². The predicted octanol–water partition coefficient (Wildman–Crippen LogP) is 0.733. The standard InChI is InChI=1S/C12H19N9S/c1-5-6-21-10(14)18-19-12(21)22-7(2)8-15-9(13)17-11(16-8)20(3)4/h5,7H,1,6H2,2-4H3,(H2,14,18)(H2,13,15,16,17). The van der Waals surface area contributed by atoms with Crippen LogP contribution in [0.3, 0.4) is 0 Å². The SMILES string of the molecule is C=CCn1c(N)nnc1SC(C)c1nc(N)nc(N(C)C)n1. The average Bonchev–Trinajstić information content (AvgIpc) is 2.80. The van der Waals surface area contributed by atoms with Crippen molar-refractivity contribution in [3.8, 4) is 0 Å². The molecule has 9 nitrogen and oxygen atoms in total. The molecule has 22 heavy (non-hydrogen) atoms. The highest BCUT2D eigenvalue weighted by molar-refractivity contribution is 7.99. The lowest BCUT2D eigenvalue weighted by atomic mass is 10.4. The van der Waals surface area contributed by atoms with E-state index in [0.717, 1.165) is 0 Å². The van der Waals surface area contributed by atoms with Crippen LogP contribution in [0, 0.1) is 0 Å². The van der Waals surface area contributed by atoms with Gasteiger partial charge in [-0.3, -0.25) is 4.57 Å². The van der Waals surface area contributed by atoms with Crippen molar-refractivity contribution in [3.63, 3.8) is 0 Å². The molecule has 1 atom stereocenters. The Bertz CT molecular complexity index is 667. The van der Waals surface area contributed by atoms with Crippen LogP contribution in [0.5, 0.6) is 0 Å². The van der Waals surface area contributed by atoms with Crippen LogP contribution in [-0.2, 0) is 6.54 Å². The molecule has 0 saturated carbocycles. The highest BCUT2D eigenvalue weighted by Crippen LogP contribution is 2.33. The fourth-order valence-corrected chi connectivity index (χ4v) is 2.59. The molecule has 0 bridgehead atoms. The second-order valence-corrected chi connectivity index (χ2v) is 6.05. The third-order valence-corrected chi connectivity index (χ3v) is 3.84. The van der Waals surface area contributed by atoms with Gasteiger partial charge in [-0.15, -0.1) is 16.8 Å². The average molecular weight is 321 g/mol. The van der Waals surface area contributed by atoms with E-state index in [9.17, 15) is 0 Å². The van der Waals surface area contributed by atoms with E-state index in [-0.39, 0.29) is 11.2 Å². The van der Waals surface area contributed by atoms with Crippen molar-refractivity contribution in [1.82, 2.24) is 29.7 Å². The van der Waals surface area contributed by atoms with E-state index in [4.69, 9.17) is 11.5 Å².